The molecule has 0 nitrogen and oxygen atoms in total. The monoisotopic (exact) mass is 226 g/mol. The molecule has 1 rings (SSSR count). The van der Waals surface area contributed by atoms with Crippen molar-refractivity contribution in [1.82, 2.24) is 0 Å². The van der Waals surface area contributed by atoms with Crippen LogP contribution in [0.4, 0.5) is 0 Å². The summed E-state index contributed by atoms with van der Waals surface area (Å²) >= 11 is 3.58. The quantitative estimate of drug-likeness (QED) is 0.627. The zero-order valence-electron chi connectivity index (χ0n) is 8.11. The van der Waals surface area contributed by atoms with Gasteiger partial charge in [-0.3, -0.25) is 0 Å². The van der Waals surface area contributed by atoms with E-state index < -0.39 is 0 Å². The molecular formula is C11H15Br. The molecule has 0 atom stereocenters. The van der Waals surface area contributed by atoms with Gasteiger partial charge in [-0.25, -0.2) is 0 Å². The van der Waals surface area contributed by atoms with Crippen molar-refractivity contribution in [2.75, 3.05) is 0 Å². The zero-order chi connectivity index (χ0) is 9.35. The van der Waals surface area contributed by atoms with Crippen LogP contribution in [0.3, 0.4) is 0 Å². The molecule has 0 saturated carbocycles. The summed E-state index contributed by atoms with van der Waals surface area (Å²) < 4.78 is 1.22. The van der Waals surface area contributed by atoms with Gasteiger partial charge in [-0.15, -0.1) is 0 Å². The molecular weight excluding hydrogens is 212 g/mol. The highest BCUT2D eigenvalue weighted by atomic mass is 79.9. The Hall–Kier alpha value is -0.300. The first-order valence-electron chi connectivity index (χ1n) is 4.18. The molecule has 0 aliphatic carbocycles. The highest BCUT2D eigenvalue weighted by molar-refractivity contribution is 9.10. The Balaban J connectivity index is 3.31. The topological polar surface area (TPSA) is 0 Å². The fraction of sp³-hybridized carbons (Fsp3) is 0.455. The minimum atomic E-state index is 0.226. The molecule has 0 N–H and O–H groups in total. The van der Waals surface area contributed by atoms with Crippen LogP contribution in [0.15, 0.2) is 22.7 Å². The molecule has 1 heteroatoms. The van der Waals surface area contributed by atoms with E-state index in [1.165, 1.54) is 15.6 Å². The summed E-state index contributed by atoms with van der Waals surface area (Å²) in [6.45, 7) is 8.87. The summed E-state index contributed by atoms with van der Waals surface area (Å²) in [6, 6.07) is 6.34. The fourth-order valence-electron chi connectivity index (χ4n) is 1.58. The normalized spacial score (nSPS) is 11.8. The lowest BCUT2D eigenvalue weighted by molar-refractivity contribution is 0.583. The molecule has 1 aromatic carbocycles. The highest BCUT2D eigenvalue weighted by Gasteiger charge is 2.18. The van der Waals surface area contributed by atoms with Crippen LogP contribution >= 0.6 is 15.9 Å². The van der Waals surface area contributed by atoms with E-state index in [1.54, 1.807) is 0 Å². The molecule has 0 spiro atoms. The summed E-state index contributed by atoms with van der Waals surface area (Å²) in [5.74, 6) is 0. The Bertz CT molecular complexity index is 261. The third kappa shape index (κ3) is 1.89. The molecule has 12 heavy (non-hydrogen) atoms. The maximum Gasteiger partial charge on any atom is 0.0215 e. The van der Waals surface area contributed by atoms with Gasteiger partial charge in [0.15, 0.2) is 0 Å². The van der Waals surface area contributed by atoms with Crippen molar-refractivity contribution >= 4 is 15.9 Å². The summed E-state index contributed by atoms with van der Waals surface area (Å²) in [6.07, 6.45) is 0. The lowest BCUT2D eigenvalue weighted by Gasteiger charge is -2.23. The standard InChI is InChI=1S/C11H15Br/c1-8-6-5-7-9(12)10(8)11(2,3)4/h5-7H,1-4H3. The second-order valence-corrected chi connectivity index (χ2v) is 5.04. The van der Waals surface area contributed by atoms with Gasteiger partial charge in [0.25, 0.3) is 0 Å². The molecule has 0 fully saturated rings. The fourth-order valence-corrected chi connectivity index (χ4v) is 2.64. The highest BCUT2D eigenvalue weighted by Crippen LogP contribution is 2.31. The van der Waals surface area contributed by atoms with Crippen molar-refractivity contribution in [3.8, 4) is 0 Å². The van der Waals surface area contributed by atoms with E-state index in [1.807, 2.05) is 0 Å². The second-order valence-electron chi connectivity index (χ2n) is 4.18. The van der Waals surface area contributed by atoms with Crippen LogP contribution in [0.25, 0.3) is 0 Å². The van der Waals surface area contributed by atoms with E-state index in [0.29, 0.717) is 0 Å². The number of rotatable bonds is 0. The smallest absolute Gasteiger partial charge is 0.0215 e. The summed E-state index contributed by atoms with van der Waals surface area (Å²) in [5.41, 5.74) is 2.99. The Kier molecular flexibility index (Phi) is 2.62. The van der Waals surface area contributed by atoms with Crippen LogP contribution in [0.1, 0.15) is 31.9 Å². The Morgan fingerprint density at radius 2 is 1.75 bits per heavy atom. The predicted molar refractivity (Wildman–Crippen MR) is 57.6 cm³/mol. The van der Waals surface area contributed by atoms with Crippen LogP contribution in [-0.4, -0.2) is 0 Å². The molecule has 0 aliphatic heterocycles. The number of benzene rings is 1. The predicted octanol–water partition coefficient (Wildman–Crippen LogP) is 4.06. The van der Waals surface area contributed by atoms with Gasteiger partial charge in [0.2, 0.25) is 0 Å². The Labute approximate surface area is 83.1 Å². The van der Waals surface area contributed by atoms with Gasteiger partial charge in [-0.05, 0) is 29.5 Å². The van der Waals surface area contributed by atoms with Crippen LogP contribution in [0, 0.1) is 6.92 Å². The Morgan fingerprint density at radius 3 is 2.08 bits per heavy atom. The lowest BCUT2D eigenvalue weighted by atomic mass is 9.84. The first-order valence-corrected chi connectivity index (χ1v) is 4.98. The molecule has 0 aliphatic rings. The van der Waals surface area contributed by atoms with Crippen molar-refractivity contribution in [1.29, 1.82) is 0 Å². The van der Waals surface area contributed by atoms with Crippen LogP contribution in [0.2, 0.25) is 0 Å². The van der Waals surface area contributed by atoms with Gasteiger partial charge >= 0.3 is 0 Å². The van der Waals surface area contributed by atoms with Crippen molar-refractivity contribution in [2.45, 2.75) is 33.1 Å². The summed E-state index contributed by atoms with van der Waals surface area (Å²) in [7, 11) is 0. The average molecular weight is 227 g/mol. The van der Waals surface area contributed by atoms with E-state index in [4.69, 9.17) is 0 Å². The number of hydrogen-bond acceptors (Lipinski definition) is 0. The summed E-state index contributed by atoms with van der Waals surface area (Å²) in [5, 5.41) is 0. The van der Waals surface area contributed by atoms with E-state index >= 15 is 0 Å². The van der Waals surface area contributed by atoms with Gasteiger partial charge in [-0.2, -0.15) is 0 Å². The molecule has 66 valence electrons. The lowest BCUT2D eigenvalue weighted by Crippen LogP contribution is -2.13. The van der Waals surface area contributed by atoms with Gasteiger partial charge < -0.3 is 0 Å². The van der Waals surface area contributed by atoms with Crippen molar-refractivity contribution in [3.63, 3.8) is 0 Å². The molecule has 0 aromatic heterocycles. The maximum absolute atomic E-state index is 3.58. The number of hydrogen-bond donors (Lipinski definition) is 0. The first kappa shape index (κ1) is 9.79. The average Bonchev–Trinajstić information content (AvgIpc) is 1.82. The van der Waals surface area contributed by atoms with Crippen molar-refractivity contribution in [2.24, 2.45) is 0 Å². The number of halogens is 1. The molecule has 0 heterocycles. The minimum Gasteiger partial charge on any atom is -0.0609 e. The van der Waals surface area contributed by atoms with Gasteiger partial charge in [0, 0.05) is 4.47 Å². The van der Waals surface area contributed by atoms with Gasteiger partial charge in [0.05, 0.1) is 0 Å². The third-order valence-corrected chi connectivity index (χ3v) is 2.63. The zero-order valence-corrected chi connectivity index (χ0v) is 9.70. The molecule has 0 amide bonds. The van der Waals surface area contributed by atoms with E-state index in [2.05, 4.69) is 61.8 Å². The molecule has 0 bridgehead atoms. The molecule has 1 aromatic rings. The molecule has 0 unspecified atom stereocenters. The SMILES string of the molecule is Cc1cccc(Br)c1C(C)(C)C. The largest absolute Gasteiger partial charge is 0.0609 e. The molecule has 0 saturated heterocycles. The van der Waals surface area contributed by atoms with Crippen LogP contribution in [-0.2, 0) is 5.41 Å². The van der Waals surface area contributed by atoms with E-state index in [-0.39, 0.29) is 5.41 Å². The summed E-state index contributed by atoms with van der Waals surface area (Å²) in [4.78, 5) is 0. The maximum atomic E-state index is 3.58. The van der Waals surface area contributed by atoms with E-state index in [9.17, 15) is 0 Å². The van der Waals surface area contributed by atoms with Gasteiger partial charge in [-0.1, -0.05) is 48.8 Å². The van der Waals surface area contributed by atoms with Crippen molar-refractivity contribution < 1.29 is 0 Å². The van der Waals surface area contributed by atoms with E-state index in [0.717, 1.165) is 0 Å². The first-order chi connectivity index (χ1) is 5.43. The number of aryl methyl sites for hydroxylation is 1. The van der Waals surface area contributed by atoms with Crippen LogP contribution < -0.4 is 0 Å². The minimum absolute atomic E-state index is 0.226. The van der Waals surface area contributed by atoms with Crippen molar-refractivity contribution in [3.05, 3.63) is 33.8 Å². The third-order valence-electron chi connectivity index (χ3n) is 1.97. The second kappa shape index (κ2) is 3.21. The van der Waals surface area contributed by atoms with Gasteiger partial charge in [0.1, 0.15) is 0 Å². The molecule has 0 radical (unpaired) electrons. The van der Waals surface area contributed by atoms with Crippen LogP contribution in [0.5, 0.6) is 0 Å². The Morgan fingerprint density at radius 1 is 1.17 bits per heavy atom.